The van der Waals surface area contributed by atoms with E-state index in [-0.39, 0.29) is 6.85 Å². The summed E-state index contributed by atoms with van der Waals surface area (Å²) in [7, 11) is 0. The smallest absolute Gasteiger partial charge is 0.333 e. The summed E-state index contributed by atoms with van der Waals surface area (Å²) in [5.41, 5.74) is 15.2. The summed E-state index contributed by atoms with van der Waals surface area (Å²) >= 11 is 0. The minimum absolute atomic E-state index is 0.0511. The predicted octanol–water partition coefficient (Wildman–Crippen LogP) is 11.6. The van der Waals surface area contributed by atoms with Crippen molar-refractivity contribution in [2.24, 2.45) is 0 Å². The molecule has 0 radical (unpaired) electrons. The first kappa shape index (κ1) is 28.5. The first-order valence-electron chi connectivity index (χ1n) is 18.8. The Hall–Kier alpha value is -7.04. The molecular weight excluding hydrogens is 653 g/mol. The molecule has 4 heterocycles. The molecule has 248 valence electrons. The second-order valence-corrected chi connectivity index (χ2v) is 14.8. The molecule has 0 fully saturated rings. The maximum absolute atomic E-state index is 2.67. The van der Waals surface area contributed by atoms with Gasteiger partial charge in [-0.2, -0.15) is 0 Å². The number of hydrogen-bond acceptors (Lipinski definition) is 1. The molecule has 0 bridgehead atoms. The lowest BCUT2D eigenvalue weighted by molar-refractivity contribution is 1.18. The van der Waals surface area contributed by atoms with Crippen molar-refractivity contribution in [1.29, 1.82) is 0 Å². The summed E-state index contributed by atoms with van der Waals surface area (Å²) in [5, 5.41) is 10.1. The van der Waals surface area contributed by atoms with Crippen LogP contribution < -0.4 is 15.8 Å². The second-order valence-electron chi connectivity index (χ2n) is 14.8. The van der Waals surface area contributed by atoms with Gasteiger partial charge in [-0.3, -0.25) is 0 Å². The Bertz CT molecular complexity index is 3400. The molecule has 0 amide bonds. The third-order valence-corrected chi connectivity index (χ3v) is 12.2. The number of fused-ring (bicyclic) bond motifs is 14. The number of rotatable bonds is 2. The summed E-state index contributed by atoms with van der Waals surface area (Å²) in [6, 6.07) is 67.7. The van der Waals surface area contributed by atoms with Crippen molar-refractivity contribution in [2.45, 2.75) is 0 Å². The van der Waals surface area contributed by atoms with Crippen molar-refractivity contribution in [1.82, 2.24) is 9.05 Å². The maximum Gasteiger partial charge on any atom is 0.333 e. The van der Waals surface area contributed by atoms with E-state index in [1.54, 1.807) is 0 Å². The van der Waals surface area contributed by atoms with Gasteiger partial charge in [0.25, 0.3) is 0 Å². The highest BCUT2D eigenvalue weighted by Crippen LogP contribution is 2.51. The first-order chi connectivity index (χ1) is 26.8. The van der Waals surface area contributed by atoms with E-state index in [1.807, 2.05) is 0 Å². The lowest BCUT2D eigenvalue weighted by Gasteiger charge is -2.41. The van der Waals surface area contributed by atoms with E-state index in [0.717, 1.165) is 0 Å². The fraction of sp³-hybridized carbons (Fsp3) is 0. The molecule has 0 saturated heterocycles. The highest BCUT2D eigenvalue weighted by Gasteiger charge is 2.45. The Morgan fingerprint density at radius 1 is 0.407 bits per heavy atom. The molecule has 4 heteroatoms. The molecule has 13 rings (SSSR count). The molecule has 2 aromatic heterocycles. The van der Waals surface area contributed by atoms with E-state index in [1.165, 1.54) is 110 Å². The van der Waals surface area contributed by atoms with Crippen molar-refractivity contribution in [3.8, 4) is 16.8 Å². The number of benzene rings is 9. The highest BCUT2D eigenvalue weighted by molar-refractivity contribution is 6.90. The number of anilines is 3. The van der Waals surface area contributed by atoms with Crippen LogP contribution in [0.2, 0.25) is 0 Å². The lowest BCUT2D eigenvalue weighted by Crippen LogP contribution is -2.56. The fourth-order valence-electron chi connectivity index (χ4n) is 10.2. The van der Waals surface area contributed by atoms with Gasteiger partial charge in [-0.15, -0.1) is 0 Å². The number of aromatic nitrogens is 2. The molecule has 0 N–H and O–H groups in total. The Kier molecular flexibility index (Phi) is 5.45. The molecule has 9 aromatic carbocycles. The van der Waals surface area contributed by atoms with Gasteiger partial charge in [-0.25, -0.2) is 0 Å². The summed E-state index contributed by atoms with van der Waals surface area (Å²) in [4.78, 5) is 2.61. The maximum atomic E-state index is 2.67. The molecule has 54 heavy (non-hydrogen) atoms. The van der Waals surface area contributed by atoms with Crippen LogP contribution in [-0.4, -0.2) is 15.9 Å². The molecule has 3 nitrogen and oxygen atoms in total. The van der Waals surface area contributed by atoms with Crippen LogP contribution >= 0.6 is 0 Å². The van der Waals surface area contributed by atoms with Gasteiger partial charge in [-0.1, -0.05) is 146 Å². The SMILES string of the molecule is c1ccc(-n2c3ccccc3c3cc4c5c(c32)-c2cccc3c6ccccc6n(c23)B5c2ccc3ccccc3c2N4c2cccc3ccccc23)cc1. The van der Waals surface area contributed by atoms with Gasteiger partial charge in [0.15, 0.2) is 0 Å². The van der Waals surface area contributed by atoms with Crippen LogP contribution in [0.25, 0.3) is 82.0 Å². The van der Waals surface area contributed by atoms with Crippen LogP contribution in [0.15, 0.2) is 182 Å². The van der Waals surface area contributed by atoms with Crippen LogP contribution in [0, 0.1) is 0 Å². The van der Waals surface area contributed by atoms with Gasteiger partial charge in [-0.05, 0) is 58.1 Å². The normalized spacial score (nSPS) is 13.1. The molecule has 2 aliphatic heterocycles. The molecule has 0 unspecified atom stereocenters. The number of nitrogens with zero attached hydrogens (tertiary/aromatic N) is 3. The van der Waals surface area contributed by atoms with Gasteiger partial charge < -0.3 is 13.9 Å². The van der Waals surface area contributed by atoms with Crippen molar-refractivity contribution in [3.63, 3.8) is 0 Å². The van der Waals surface area contributed by atoms with Gasteiger partial charge in [0, 0.05) is 65.9 Å². The summed E-state index contributed by atoms with van der Waals surface area (Å²) < 4.78 is 5.19. The second kappa shape index (κ2) is 10.3. The van der Waals surface area contributed by atoms with Crippen molar-refractivity contribution < 1.29 is 0 Å². The lowest BCUT2D eigenvalue weighted by atomic mass is 9.44. The number of para-hydroxylation sites is 4. The largest absolute Gasteiger partial charge is 0.375 e. The van der Waals surface area contributed by atoms with Crippen molar-refractivity contribution in [3.05, 3.63) is 182 Å². The number of hydrogen-bond donors (Lipinski definition) is 0. The highest BCUT2D eigenvalue weighted by atomic mass is 15.2. The Morgan fingerprint density at radius 3 is 1.87 bits per heavy atom. The standard InChI is InChI=1S/C50H30BN3/c1-2-17-33(18-3-1)52-43-25-10-8-22-37(43)40-30-45-47-46(50(40)52)39-24-13-23-38-36-21-9-11-26-44(36)54(48(38)39)51(47)41-29-28-32-15-5-7-20-35(32)49(41)53(45)42-27-12-16-31-14-4-6-19-34(31)42/h1-30H. The van der Waals surface area contributed by atoms with Gasteiger partial charge in [0.2, 0.25) is 0 Å². The van der Waals surface area contributed by atoms with Gasteiger partial charge in [0.1, 0.15) is 0 Å². The molecule has 0 spiro atoms. The van der Waals surface area contributed by atoms with Gasteiger partial charge >= 0.3 is 6.85 Å². The van der Waals surface area contributed by atoms with Crippen LogP contribution in [0.1, 0.15) is 0 Å². The van der Waals surface area contributed by atoms with Crippen LogP contribution in [0.5, 0.6) is 0 Å². The fourth-order valence-corrected chi connectivity index (χ4v) is 10.2. The summed E-state index contributed by atoms with van der Waals surface area (Å²) in [5.74, 6) is 0. The average Bonchev–Trinajstić information content (AvgIpc) is 3.75. The van der Waals surface area contributed by atoms with Gasteiger partial charge in [0.05, 0.1) is 22.4 Å². The van der Waals surface area contributed by atoms with E-state index in [0.29, 0.717) is 0 Å². The summed E-state index contributed by atoms with van der Waals surface area (Å²) in [6.07, 6.45) is 0. The molecular formula is C50H30BN3. The van der Waals surface area contributed by atoms with E-state index >= 15 is 0 Å². The Labute approximate surface area is 311 Å². The van der Waals surface area contributed by atoms with E-state index < -0.39 is 0 Å². The molecule has 11 aromatic rings. The Morgan fingerprint density at radius 2 is 1.04 bits per heavy atom. The third kappa shape index (κ3) is 3.48. The van der Waals surface area contributed by atoms with Crippen LogP contribution in [0.3, 0.4) is 0 Å². The molecule has 0 saturated carbocycles. The average molecular weight is 684 g/mol. The zero-order valence-corrected chi connectivity index (χ0v) is 29.2. The monoisotopic (exact) mass is 683 g/mol. The Balaban J connectivity index is 1.32. The van der Waals surface area contributed by atoms with E-state index in [9.17, 15) is 0 Å². The van der Waals surface area contributed by atoms with Crippen LogP contribution in [-0.2, 0) is 0 Å². The predicted molar refractivity (Wildman–Crippen MR) is 229 cm³/mol. The first-order valence-corrected chi connectivity index (χ1v) is 18.8. The van der Waals surface area contributed by atoms with Crippen molar-refractivity contribution >= 4 is 100.0 Å². The molecule has 2 aliphatic rings. The zero-order valence-electron chi connectivity index (χ0n) is 29.2. The van der Waals surface area contributed by atoms with E-state index in [2.05, 4.69) is 196 Å². The van der Waals surface area contributed by atoms with Crippen LogP contribution in [0.4, 0.5) is 17.1 Å². The topological polar surface area (TPSA) is 13.1 Å². The summed E-state index contributed by atoms with van der Waals surface area (Å²) in [6.45, 7) is -0.0511. The quantitative estimate of drug-likeness (QED) is 0.165. The molecule has 0 atom stereocenters. The third-order valence-electron chi connectivity index (χ3n) is 12.2. The minimum atomic E-state index is -0.0511. The zero-order chi connectivity index (χ0) is 35.1. The van der Waals surface area contributed by atoms with E-state index in [4.69, 9.17) is 0 Å². The molecule has 0 aliphatic carbocycles. The minimum Gasteiger partial charge on any atom is -0.375 e. The van der Waals surface area contributed by atoms with Crippen molar-refractivity contribution in [2.75, 3.05) is 4.90 Å².